The Balaban J connectivity index is 0.00000312. The molecule has 0 saturated carbocycles. The Morgan fingerprint density at radius 2 is 1.00 bits per heavy atom. The van der Waals surface area contributed by atoms with Gasteiger partial charge in [-0.3, -0.25) is 10.8 Å². The molecule has 2 unspecified atom stereocenters. The molecule has 0 spiro atoms. The van der Waals surface area contributed by atoms with Crippen LogP contribution in [0.5, 0.6) is 0 Å². The second-order valence-corrected chi connectivity index (χ2v) is 7.54. The Kier molecular flexibility index (Phi) is 9.38. The number of hydrogen-bond acceptors (Lipinski definition) is 4. The maximum Gasteiger partial charge on any atom is 0.135 e. The molecule has 0 amide bonds. The molecular formula is C18H38N6O2. The fourth-order valence-electron chi connectivity index (χ4n) is 3.35. The molecule has 0 aromatic rings. The summed E-state index contributed by atoms with van der Waals surface area (Å²) in [5.41, 5.74) is -1.18. The van der Waals surface area contributed by atoms with Gasteiger partial charge in [-0.25, -0.2) is 0 Å². The minimum atomic E-state index is -0.591. The third kappa shape index (κ3) is 5.01. The number of azo groups is 1. The molecule has 2 heterocycles. The van der Waals surface area contributed by atoms with Crippen molar-refractivity contribution in [2.45, 2.75) is 77.3 Å². The molecule has 2 aliphatic rings. The van der Waals surface area contributed by atoms with E-state index in [1.165, 1.54) is 0 Å². The molecule has 0 aromatic carbocycles. The van der Waals surface area contributed by atoms with Crippen LogP contribution in [-0.2, 0) is 0 Å². The van der Waals surface area contributed by atoms with E-state index in [-0.39, 0.29) is 11.0 Å². The van der Waals surface area contributed by atoms with E-state index in [0.29, 0.717) is 11.7 Å². The number of amidine groups is 2. The number of nitrogens with zero attached hydrogens (tertiary/aromatic N) is 4. The maximum atomic E-state index is 8.59. The first-order valence-corrected chi connectivity index (χ1v) is 9.48. The van der Waals surface area contributed by atoms with E-state index in [1.807, 2.05) is 13.8 Å². The van der Waals surface area contributed by atoms with E-state index >= 15 is 0 Å². The summed E-state index contributed by atoms with van der Waals surface area (Å²) < 4.78 is 0. The molecule has 152 valence electrons. The number of likely N-dealkylation sites (tertiary alicyclic amines) is 2. The first-order chi connectivity index (χ1) is 11.4. The molecular weight excluding hydrogens is 332 g/mol. The van der Waals surface area contributed by atoms with Crippen molar-refractivity contribution in [1.29, 1.82) is 10.8 Å². The summed E-state index contributed by atoms with van der Waals surface area (Å²) in [6.45, 7) is 12.0. The van der Waals surface area contributed by atoms with E-state index in [9.17, 15) is 0 Å². The lowest BCUT2D eigenvalue weighted by Crippen LogP contribution is -2.46. The molecule has 2 rings (SSSR count). The Hall–Kier alpha value is -1.54. The molecule has 8 heteroatoms. The van der Waals surface area contributed by atoms with Gasteiger partial charge in [-0.05, 0) is 52.4 Å². The van der Waals surface area contributed by atoms with Gasteiger partial charge in [0.2, 0.25) is 0 Å². The minimum Gasteiger partial charge on any atom is -0.412 e. The first kappa shape index (κ1) is 24.5. The summed E-state index contributed by atoms with van der Waals surface area (Å²) >= 11 is 0. The topological polar surface area (TPSA) is 142 Å². The van der Waals surface area contributed by atoms with E-state index < -0.39 is 11.1 Å². The van der Waals surface area contributed by atoms with Crippen molar-refractivity contribution >= 4 is 11.7 Å². The normalized spacial score (nSPS) is 21.7. The number of hydrogen-bond donors (Lipinski definition) is 2. The van der Waals surface area contributed by atoms with Crippen molar-refractivity contribution in [3.63, 3.8) is 0 Å². The lowest BCUT2D eigenvalue weighted by molar-refractivity contribution is 0.400. The molecule has 0 bridgehead atoms. The van der Waals surface area contributed by atoms with Gasteiger partial charge in [0.25, 0.3) is 0 Å². The van der Waals surface area contributed by atoms with Crippen LogP contribution < -0.4 is 0 Å². The molecule has 26 heavy (non-hydrogen) atoms. The molecule has 8 nitrogen and oxygen atoms in total. The van der Waals surface area contributed by atoms with E-state index in [4.69, 9.17) is 10.8 Å². The van der Waals surface area contributed by atoms with Crippen molar-refractivity contribution < 1.29 is 11.0 Å². The van der Waals surface area contributed by atoms with Gasteiger partial charge in [-0.2, -0.15) is 10.2 Å². The Bertz CT molecular complexity index is 456. The summed E-state index contributed by atoms with van der Waals surface area (Å²) in [7, 11) is 0. The summed E-state index contributed by atoms with van der Waals surface area (Å²) in [4.78, 5) is 4.27. The van der Waals surface area contributed by atoms with Gasteiger partial charge in [0.15, 0.2) is 0 Å². The SMILES string of the molecule is CCC(C)(N=NC(C)(CC)C(=N)N1CCCC1)C(=N)N1CCCC1.O.O. The fraction of sp³-hybridized carbons (Fsp3) is 0.889. The molecule has 2 aliphatic heterocycles. The fourth-order valence-corrected chi connectivity index (χ4v) is 3.35. The third-order valence-corrected chi connectivity index (χ3v) is 5.73. The van der Waals surface area contributed by atoms with Crippen molar-refractivity contribution in [2.24, 2.45) is 10.2 Å². The Morgan fingerprint density at radius 3 is 1.23 bits per heavy atom. The van der Waals surface area contributed by atoms with Crippen LogP contribution in [-0.4, -0.2) is 69.7 Å². The largest absolute Gasteiger partial charge is 0.412 e. The highest BCUT2D eigenvalue weighted by Crippen LogP contribution is 2.27. The molecule has 2 fully saturated rings. The standard InChI is InChI=1S/C18H34N6.2H2O/c1-5-17(3,15(19)23-11-7-8-12-23)21-22-18(4,6-2)16(20)24-13-9-10-14-24;;/h19-20H,5-14H2,1-4H3;2*1H2. The van der Waals surface area contributed by atoms with Crippen LogP contribution in [0.25, 0.3) is 0 Å². The third-order valence-electron chi connectivity index (χ3n) is 5.73. The molecule has 2 saturated heterocycles. The van der Waals surface area contributed by atoms with Crippen LogP contribution >= 0.6 is 0 Å². The Morgan fingerprint density at radius 1 is 0.731 bits per heavy atom. The smallest absolute Gasteiger partial charge is 0.135 e. The quantitative estimate of drug-likeness (QED) is 0.420. The zero-order valence-corrected chi connectivity index (χ0v) is 16.9. The number of nitrogens with one attached hydrogen (secondary N) is 2. The minimum absolute atomic E-state index is 0. The summed E-state index contributed by atoms with van der Waals surface area (Å²) in [5.74, 6) is 1.16. The van der Waals surface area contributed by atoms with Crippen molar-refractivity contribution in [3.05, 3.63) is 0 Å². The first-order valence-electron chi connectivity index (χ1n) is 9.48. The molecule has 0 aromatic heterocycles. The lowest BCUT2D eigenvalue weighted by Gasteiger charge is -2.34. The maximum absolute atomic E-state index is 8.59. The summed E-state index contributed by atoms with van der Waals surface area (Å²) in [6.07, 6.45) is 6.14. The number of rotatable bonds is 6. The van der Waals surface area contributed by atoms with Crippen LogP contribution in [0.1, 0.15) is 66.2 Å². The molecule has 0 aliphatic carbocycles. The Labute approximate surface area is 157 Å². The van der Waals surface area contributed by atoms with Crippen LogP contribution in [0.3, 0.4) is 0 Å². The van der Waals surface area contributed by atoms with Crippen LogP contribution in [0.15, 0.2) is 10.2 Å². The lowest BCUT2D eigenvalue weighted by atomic mass is 9.96. The van der Waals surface area contributed by atoms with Gasteiger partial charge in [-0.15, -0.1) is 0 Å². The monoisotopic (exact) mass is 370 g/mol. The van der Waals surface area contributed by atoms with E-state index in [1.54, 1.807) is 0 Å². The molecule has 0 radical (unpaired) electrons. The van der Waals surface area contributed by atoms with E-state index in [2.05, 4.69) is 33.9 Å². The van der Waals surface area contributed by atoms with Crippen molar-refractivity contribution in [3.8, 4) is 0 Å². The average molecular weight is 371 g/mol. The summed E-state index contributed by atoms with van der Waals surface area (Å²) in [5, 5.41) is 26.5. The van der Waals surface area contributed by atoms with Gasteiger partial charge in [0.05, 0.1) is 0 Å². The zero-order chi connectivity index (χ0) is 17.8. The zero-order valence-electron chi connectivity index (χ0n) is 16.9. The highest BCUT2D eigenvalue weighted by atomic mass is 16.0. The second kappa shape index (κ2) is 9.97. The van der Waals surface area contributed by atoms with Crippen LogP contribution in [0.2, 0.25) is 0 Å². The van der Waals surface area contributed by atoms with Crippen LogP contribution in [0.4, 0.5) is 0 Å². The van der Waals surface area contributed by atoms with Gasteiger partial charge < -0.3 is 20.8 Å². The van der Waals surface area contributed by atoms with Gasteiger partial charge in [-0.1, -0.05) is 13.8 Å². The van der Waals surface area contributed by atoms with Gasteiger partial charge in [0.1, 0.15) is 22.7 Å². The molecule has 6 N–H and O–H groups in total. The highest BCUT2D eigenvalue weighted by molar-refractivity contribution is 5.90. The predicted molar refractivity (Wildman–Crippen MR) is 107 cm³/mol. The van der Waals surface area contributed by atoms with Crippen molar-refractivity contribution in [1.82, 2.24) is 9.80 Å². The molecule has 2 atom stereocenters. The predicted octanol–water partition coefficient (Wildman–Crippen LogP) is 2.27. The average Bonchev–Trinajstić information content (AvgIpc) is 3.31. The van der Waals surface area contributed by atoms with Crippen LogP contribution in [0, 0.1) is 10.8 Å². The van der Waals surface area contributed by atoms with Gasteiger partial charge >= 0.3 is 0 Å². The van der Waals surface area contributed by atoms with Gasteiger partial charge in [0, 0.05) is 26.2 Å². The van der Waals surface area contributed by atoms with E-state index in [0.717, 1.165) is 64.7 Å². The summed E-state index contributed by atoms with van der Waals surface area (Å²) in [6, 6.07) is 0. The second-order valence-electron chi connectivity index (χ2n) is 7.54. The highest BCUT2D eigenvalue weighted by Gasteiger charge is 2.37. The van der Waals surface area contributed by atoms with Crippen molar-refractivity contribution in [2.75, 3.05) is 26.2 Å².